The van der Waals surface area contributed by atoms with Gasteiger partial charge in [0.2, 0.25) is 0 Å². The molecule has 2 aromatic carbocycles. The third-order valence-corrected chi connectivity index (χ3v) is 4.94. The number of piperazine rings is 1. The molecule has 0 saturated carbocycles. The molecule has 1 aliphatic rings. The first-order valence-electron chi connectivity index (χ1n) is 8.87. The molecule has 26 heavy (non-hydrogen) atoms. The van der Waals surface area contributed by atoms with Gasteiger partial charge in [0.1, 0.15) is 11.6 Å². The summed E-state index contributed by atoms with van der Waals surface area (Å²) in [6, 6.07) is 13.8. The molecule has 2 aromatic rings. The van der Waals surface area contributed by atoms with Crippen molar-refractivity contribution in [3.63, 3.8) is 0 Å². The number of benzene rings is 2. The molecule has 138 valence electrons. The van der Waals surface area contributed by atoms with Gasteiger partial charge in [-0.2, -0.15) is 0 Å². The van der Waals surface area contributed by atoms with Crippen molar-refractivity contribution in [1.29, 1.82) is 0 Å². The molecule has 2 N–H and O–H groups in total. The minimum atomic E-state index is -0.221. The zero-order valence-electron chi connectivity index (χ0n) is 15.2. The standard InChI is InChI=1S/C20H24FN3O2/c1-15(20(25)22-17-4-3-5-19(14-17)26-2)23-10-12-24(13-11-23)18-8-6-16(21)7-9-18/h3-9,14-15H,10-13H2,1-2H3,(H,22,25)/p+1/t15-/m1/s1. The first kappa shape index (κ1) is 18.2. The second kappa shape index (κ2) is 8.19. The van der Waals surface area contributed by atoms with E-state index >= 15 is 0 Å². The summed E-state index contributed by atoms with van der Waals surface area (Å²) in [6.45, 7) is 5.38. The van der Waals surface area contributed by atoms with E-state index in [0.29, 0.717) is 0 Å². The molecule has 1 heterocycles. The van der Waals surface area contributed by atoms with Gasteiger partial charge in [-0.3, -0.25) is 4.79 Å². The van der Waals surface area contributed by atoms with Crippen molar-refractivity contribution in [2.24, 2.45) is 0 Å². The first-order chi connectivity index (χ1) is 12.6. The number of hydrogen-bond acceptors (Lipinski definition) is 3. The molecule has 0 radical (unpaired) electrons. The summed E-state index contributed by atoms with van der Waals surface area (Å²) in [5.74, 6) is 0.500. The molecule has 0 unspecified atom stereocenters. The number of carbonyl (C=O) groups is 1. The van der Waals surface area contributed by atoms with Gasteiger partial charge < -0.3 is 19.9 Å². The number of nitrogens with one attached hydrogen (secondary N) is 2. The maximum atomic E-state index is 13.1. The van der Waals surface area contributed by atoms with Gasteiger partial charge >= 0.3 is 0 Å². The summed E-state index contributed by atoms with van der Waals surface area (Å²) in [5, 5.41) is 2.97. The second-order valence-corrected chi connectivity index (χ2v) is 6.56. The van der Waals surface area contributed by atoms with E-state index in [1.165, 1.54) is 17.0 Å². The Morgan fingerprint density at radius 1 is 1.19 bits per heavy atom. The van der Waals surface area contributed by atoms with Gasteiger partial charge in [0.05, 0.1) is 33.3 Å². The predicted molar refractivity (Wildman–Crippen MR) is 100 cm³/mol. The highest BCUT2D eigenvalue weighted by atomic mass is 19.1. The third-order valence-electron chi connectivity index (χ3n) is 4.94. The Balaban J connectivity index is 1.54. The maximum absolute atomic E-state index is 13.1. The Morgan fingerprint density at radius 3 is 2.54 bits per heavy atom. The van der Waals surface area contributed by atoms with Crippen LogP contribution in [0.25, 0.3) is 0 Å². The van der Waals surface area contributed by atoms with Crippen molar-refractivity contribution in [2.45, 2.75) is 13.0 Å². The minimum absolute atomic E-state index is 0.00323. The van der Waals surface area contributed by atoms with E-state index in [2.05, 4.69) is 10.2 Å². The quantitative estimate of drug-likeness (QED) is 0.853. The minimum Gasteiger partial charge on any atom is -0.497 e. The fourth-order valence-corrected chi connectivity index (χ4v) is 3.27. The Kier molecular flexibility index (Phi) is 5.73. The van der Waals surface area contributed by atoms with Crippen LogP contribution >= 0.6 is 0 Å². The average molecular weight is 358 g/mol. The predicted octanol–water partition coefficient (Wildman–Crippen LogP) is 1.57. The van der Waals surface area contributed by atoms with E-state index in [4.69, 9.17) is 4.74 Å². The van der Waals surface area contributed by atoms with Crippen LogP contribution in [0.1, 0.15) is 6.92 Å². The van der Waals surface area contributed by atoms with Crippen molar-refractivity contribution in [3.8, 4) is 5.75 Å². The zero-order valence-corrected chi connectivity index (χ0v) is 15.2. The van der Waals surface area contributed by atoms with Crippen LogP contribution in [-0.2, 0) is 4.79 Å². The number of quaternary nitrogens is 1. The lowest BCUT2D eigenvalue weighted by molar-refractivity contribution is -0.914. The van der Waals surface area contributed by atoms with Crippen molar-refractivity contribution in [1.82, 2.24) is 0 Å². The number of anilines is 2. The first-order valence-corrected chi connectivity index (χ1v) is 8.87. The van der Waals surface area contributed by atoms with Crippen molar-refractivity contribution in [3.05, 3.63) is 54.3 Å². The van der Waals surface area contributed by atoms with Gasteiger partial charge in [0.15, 0.2) is 6.04 Å². The SMILES string of the molecule is COc1cccc(NC(=O)[C@@H](C)[NH+]2CCN(c3ccc(F)cc3)CC2)c1. The molecule has 0 bridgehead atoms. The molecule has 1 atom stereocenters. The average Bonchev–Trinajstić information content (AvgIpc) is 2.68. The molecule has 0 spiro atoms. The molecular formula is C20H25FN3O2+. The van der Waals surface area contributed by atoms with Gasteiger partial charge in [0.25, 0.3) is 5.91 Å². The lowest BCUT2D eigenvalue weighted by atomic mass is 10.2. The fourth-order valence-electron chi connectivity index (χ4n) is 3.27. The Morgan fingerprint density at radius 2 is 1.88 bits per heavy atom. The summed E-state index contributed by atoms with van der Waals surface area (Å²) < 4.78 is 18.3. The summed E-state index contributed by atoms with van der Waals surface area (Å²) in [4.78, 5) is 16.1. The van der Waals surface area contributed by atoms with Crippen LogP contribution < -0.4 is 19.9 Å². The summed E-state index contributed by atoms with van der Waals surface area (Å²) in [6.07, 6.45) is 0. The van der Waals surface area contributed by atoms with Gasteiger partial charge in [-0.25, -0.2) is 4.39 Å². The molecular weight excluding hydrogens is 333 g/mol. The molecule has 1 fully saturated rings. The lowest BCUT2D eigenvalue weighted by Crippen LogP contribution is -3.19. The number of rotatable bonds is 5. The van der Waals surface area contributed by atoms with Gasteiger partial charge in [-0.15, -0.1) is 0 Å². The Hall–Kier alpha value is -2.60. The molecule has 3 rings (SSSR count). The molecule has 1 aliphatic heterocycles. The highest BCUT2D eigenvalue weighted by Crippen LogP contribution is 2.17. The molecule has 1 amide bonds. The molecule has 0 aromatic heterocycles. The van der Waals surface area contributed by atoms with E-state index in [1.807, 2.05) is 31.2 Å². The van der Waals surface area contributed by atoms with Crippen molar-refractivity contribution in [2.75, 3.05) is 43.5 Å². The third kappa shape index (κ3) is 4.32. The van der Waals surface area contributed by atoms with E-state index < -0.39 is 0 Å². The molecule has 6 heteroatoms. The number of halogens is 1. The van der Waals surface area contributed by atoms with Crippen LogP contribution in [0.4, 0.5) is 15.8 Å². The number of nitrogens with zero attached hydrogens (tertiary/aromatic N) is 1. The number of hydrogen-bond donors (Lipinski definition) is 2. The number of ether oxygens (including phenoxy) is 1. The van der Waals surface area contributed by atoms with Crippen LogP contribution in [0.2, 0.25) is 0 Å². The second-order valence-electron chi connectivity index (χ2n) is 6.56. The summed E-state index contributed by atoms with van der Waals surface area (Å²) >= 11 is 0. The van der Waals surface area contributed by atoms with Crippen LogP contribution in [0.3, 0.4) is 0 Å². The van der Waals surface area contributed by atoms with Crippen LogP contribution in [-0.4, -0.2) is 45.2 Å². The fraction of sp³-hybridized carbons (Fsp3) is 0.350. The topological polar surface area (TPSA) is 46.0 Å². The van der Waals surface area contributed by atoms with E-state index in [0.717, 1.165) is 43.3 Å². The van der Waals surface area contributed by atoms with Gasteiger partial charge in [-0.05, 0) is 43.3 Å². The maximum Gasteiger partial charge on any atom is 0.282 e. The Labute approximate surface area is 153 Å². The van der Waals surface area contributed by atoms with Gasteiger partial charge in [0, 0.05) is 17.4 Å². The number of carbonyl (C=O) groups excluding carboxylic acids is 1. The molecule has 1 saturated heterocycles. The van der Waals surface area contributed by atoms with E-state index in [9.17, 15) is 9.18 Å². The smallest absolute Gasteiger partial charge is 0.282 e. The summed E-state index contributed by atoms with van der Waals surface area (Å²) in [7, 11) is 1.61. The van der Waals surface area contributed by atoms with E-state index in [1.54, 1.807) is 19.2 Å². The molecule has 0 aliphatic carbocycles. The highest BCUT2D eigenvalue weighted by Gasteiger charge is 2.29. The largest absolute Gasteiger partial charge is 0.497 e. The van der Waals surface area contributed by atoms with Gasteiger partial charge in [-0.1, -0.05) is 6.07 Å². The van der Waals surface area contributed by atoms with Crippen LogP contribution in [0.15, 0.2) is 48.5 Å². The Bertz CT molecular complexity index is 743. The van der Waals surface area contributed by atoms with Crippen molar-refractivity contribution < 1.29 is 18.8 Å². The number of methoxy groups -OCH3 is 1. The number of amides is 1. The van der Waals surface area contributed by atoms with Crippen molar-refractivity contribution >= 4 is 17.3 Å². The molecule has 5 nitrogen and oxygen atoms in total. The highest BCUT2D eigenvalue weighted by molar-refractivity contribution is 5.93. The lowest BCUT2D eigenvalue weighted by Gasteiger charge is -2.36. The van der Waals surface area contributed by atoms with E-state index in [-0.39, 0.29) is 17.8 Å². The normalized spacial score (nSPS) is 16.2. The van der Waals surface area contributed by atoms with Crippen LogP contribution in [0.5, 0.6) is 5.75 Å². The summed E-state index contributed by atoms with van der Waals surface area (Å²) in [5.41, 5.74) is 1.77. The monoisotopic (exact) mass is 358 g/mol. The zero-order chi connectivity index (χ0) is 18.5. The van der Waals surface area contributed by atoms with Crippen LogP contribution in [0, 0.1) is 5.82 Å².